The summed E-state index contributed by atoms with van der Waals surface area (Å²) in [5.74, 6) is 0.853. The molecule has 0 amide bonds. The Kier molecular flexibility index (Phi) is 3.29. The number of hydrogen-bond donors (Lipinski definition) is 1. The first kappa shape index (κ1) is 10.9. The third-order valence-corrected chi connectivity index (χ3v) is 3.65. The van der Waals surface area contributed by atoms with Crippen molar-refractivity contribution in [2.75, 3.05) is 19.7 Å². The maximum absolute atomic E-state index is 12.0. The maximum Gasteiger partial charge on any atom is 0.312 e. The smallest absolute Gasteiger partial charge is 0.312 e. The van der Waals surface area contributed by atoms with Gasteiger partial charge in [0.1, 0.15) is 0 Å². The first-order valence-corrected chi connectivity index (χ1v) is 6.15. The fourth-order valence-electron chi connectivity index (χ4n) is 2.56. The predicted octanol–water partition coefficient (Wildman–Crippen LogP) is 1.72. The van der Waals surface area contributed by atoms with Gasteiger partial charge in [-0.05, 0) is 45.2 Å². The second kappa shape index (κ2) is 4.52. The number of piperidine rings is 1. The lowest BCUT2D eigenvalue weighted by atomic mass is 9.75. The molecule has 0 unspecified atom stereocenters. The predicted molar refractivity (Wildman–Crippen MR) is 58.5 cm³/mol. The van der Waals surface area contributed by atoms with Gasteiger partial charge in [-0.2, -0.15) is 0 Å². The molecule has 0 bridgehead atoms. The highest BCUT2D eigenvalue weighted by Crippen LogP contribution is 2.45. The SMILES string of the molecule is CCOC(=O)C1(CC2CC2)CCNCC1. The third kappa shape index (κ3) is 2.51. The molecule has 15 heavy (non-hydrogen) atoms. The Labute approximate surface area is 91.6 Å². The maximum atomic E-state index is 12.0. The van der Waals surface area contributed by atoms with Crippen LogP contribution in [0.15, 0.2) is 0 Å². The molecule has 0 aromatic rings. The van der Waals surface area contributed by atoms with Crippen LogP contribution in [0.5, 0.6) is 0 Å². The van der Waals surface area contributed by atoms with E-state index in [0.29, 0.717) is 6.61 Å². The number of hydrogen-bond acceptors (Lipinski definition) is 3. The van der Waals surface area contributed by atoms with Gasteiger partial charge in [0.15, 0.2) is 0 Å². The summed E-state index contributed by atoms with van der Waals surface area (Å²) < 4.78 is 5.25. The van der Waals surface area contributed by atoms with E-state index in [1.807, 2.05) is 6.92 Å². The number of nitrogens with one attached hydrogen (secondary N) is 1. The average molecular weight is 211 g/mol. The highest BCUT2D eigenvalue weighted by atomic mass is 16.5. The summed E-state index contributed by atoms with van der Waals surface area (Å²) in [6, 6.07) is 0. The average Bonchev–Trinajstić information content (AvgIpc) is 3.03. The number of carbonyl (C=O) groups is 1. The summed E-state index contributed by atoms with van der Waals surface area (Å²) >= 11 is 0. The van der Waals surface area contributed by atoms with E-state index in [9.17, 15) is 4.79 Å². The van der Waals surface area contributed by atoms with Gasteiger partial charge in [-0.3, -0.25) is 4.79 Å². The Balaban J connectivity index is 2.01. The molecule has 0 aromatic carbocycles. The van der Waals surface area contributed by atoms with E-state index in [2.05, 4.69) is 5.32 Å². The molecule has 0 aromatic heterocycles. The summed E-state index contributed by atoms with van der Waals surface area (Å²) in [6.07, 6.45) is 5.61. The van der Waals surface area contributed by atoms with Crippen LogP contribution in [0.1, 0.15) is 39.0 Å². The van der Waals surface area contributed by atoms with E-state index in [1.165, 1.54) is 12.8 Å². The van der Waals surface area contributed by atoms with Crippen molar-refractivity contribution in [1.29, 1.82) is 0 Å². The number of carbonyl (C=O) groups excluding carboxylic acids is 1. The van der Waals surface area contributed by atoms with E-state index in [-0.39, 0.29) is 11.4 Å². The molecule has 1 aliphatic carbocycles. The molecule has 86 valence electrons. The highest BCUT2D eigenvalue weighted by Gasteiger charge is 2.44. The van der Waals surface area contributed by atoms with Gasteiger partial charge in [0.05, 0.1) is 12.0 Å². The molecule has 2 aliphatic rings. The van der Waals surface area contributed by atoms with E-state index in [0.717, 1.165) is 38.3 Å². The number of esters is 1. The summed E-state index contributed by atoms with van der Waals surface area (Å²) in [5, 5.41) is 3.32. The first-order valence-electron chi connectivity index (χ1n) is 6.15. The van der Waals surface area contributed by atoms with Crippen molar-refractivity contribution in [2.24, 2.45) is 11.3 Å². The second-order valence-electron chi connectivity index (χ2n) is 4.90. The van der Waals surface area contributed by atoms with Crippen molar-refractivity contribution in [2.45, 2.75) is 39.0 Å². The molecule has 3 nitrogen and oxygen atoms in total. The molecule has 0 spiro atoms. The summed E-state index contributed by atoms with van der Waals surface area (Å²) in [6.45, 7) is 4.33. The lowest BCUT2D eigenvalue weighted by Gasteiger charge is -2.35. The van der Waals surface area contributed by atoms with E-state index < -0.39 is 0 Å². The van der Waals surface area contributed by atoms with Gasteiger partial charge in [-0.15, -0.1) is 0 Å². The van der Waals surface area contributed by atoms with Crippen LogP contribution in [0.2, 0.25) is 0 Å². The van der Waals surface area contributed by atoms with Crippen LogP contribution >= 0.6 is 0 Å². The minimum atomic E-state index is -0.150. The molecule has 1 N–H and O–H groups in total. The molecule has 2 fully saturated rings. The third-order valence-electron chi connectivity index (χ3n) is 3.65. The summed E-state index contributed by atoms with van der Waals surface area (Å²) in [7, 11) is 0. The zero-order valence-corrected chi connectivity index (χ0v) is 9.55. The molecule has 2 rings (SSSR count). The van der Waals surface area contributed by atoms with Crippen molar-refractivity contribution < 1.29 is 9.53 Å². The molecule has 0 radical (unpaired) electrons. The summed E-state index contributed by atoms with van der Waals surface area (Å²) in [4.78, 5) is 12.0. The van der Waals surface area contributed by atoms with E-state index in [4.69, 9.17) is 4.74 Å². The van der Waals surface area contributed by atoms with Crippen LogP contribution < -0.4 is 5.32 Å². The second-order valence-corrected chi connectivity index (χ2v) is 4.90. The zero-order valence-electron chi connectivity index (χ0n) is 9.55. The lowest BCUT2D eigenvalue weighted by Crippen LogP contribution is -2.43. The van der Waals surface area contributed by atoms with Gasteiger partial charge in [0.25, 0.3) is 0 Å². The Bertz CT molecular complexity index is 230. The summed E-state index contributed by atoms with van der Waals surface area (Å²) in [5.41, 5.74) is -0.150. The normalized spacial score (nSPS) is 24.9. The van der Waals surface area contributed by atoms with Crippen molar-refractivity contribution in [3.05, 3.63) is 0 Å². The quantitative estimate of drug-likeness (QED) is 0.720. The molecular formula is C12H21NO2. The molecule has 1 aliphatic heterocycles. The fraction of sp³-hybridized carbons (Fsp3) is 0.917. The first-order chi connectivity index (χ1) is 7.27. The van der Waals surface area contributed by atoms with E-state index in [1.54, 1.807) is 0 Å². The molecule has 1 saturated heterocycles. The monoisotopic (exact) mass is 211 g/mol. The van der Waals surface area contributed by atoms with Crippen molar-refractivity contribution in [3.63, 3.8) is 0 Å². The number of ether oxygens (including phenoxy) is 1. The topological polar surface area (TPSA) is 38.3 Å². The van der Waals surface area contributed by atoms with Gasteiger partial charge >= 0.3 is 5.97 Å². The standard InChI is InChI=1S/C12H21NO2/c1-2-15-11(14)12(9-10-3-4-10)5-7-13-8-6-12/h10,13H,2-9H2,1H3. The van der Waals surface area contributed by atoms with Crippen LogP contribution in [0.25, 0.3) is 0 Å². The van der Waals surface area contributed by atoms with Crippen LogP contribution in [-0.4, -0.2) is 25.7 Å². The Morgan fingerprint density at radius 1 is 1.40 bits per heavy atom. The van der Waals surface area contributed by atoms with Gasteiger partial charge in [0, 0.05) is 0 Å². The molecule has 1 heterocycles. The van der Waals surface area contributed by atoms with E-state index >= 15 is 0 Å². The van der Waals surface area contributed by atoms with Crippen molar-refractivity contribution >= 4 is 5.97 Å². The Morgan fingerprint density at radius 3 is 2.60 bits per heavy atom. The van der Waals surface area contributed by atoms with Crippen LogP contribution in [-0.2, 0) is 9.53 Å². The van der Waals surface area contributed by atoms with Crippen molar-refractivity contribution in [3.8, 4) is 0 Å². The van der Waals surface area contributed by atoms with Gasteiger partial charge < -0.3 is 10.1 Å². The largest absolute Gasteiger partial charge is 0.466 e. The zero-order chi connectivity index (χ0) is 10.7. The fourth-order valence-corrected chi connectivity index (χ4v) is 2.56. The van der Waals surface area contributed by atoms with Crippen LogP contribution in [0, 0.1) is 11.3 Å². The number of rotatable bonds is 4. The van der Waals surface area contributed by atoms with Gasteiger partial charge in [-0.25, -0.2) is 0 Å². The minimum Gasteiger partial charge on any atom is -0.466 e. The highest BCUT2D eigenvalue weighted by molar-refractivity contribution is 5.77. The van der Waals surface area contributed by atoms with Gasteiger partial charge in [0.2, 0.25) is 0 Å². The molecule has 1 saturated carbocycles. The molecule has 3 heteroatoms. The van der Waals surface area contributed by atoms with Gasteiger partial charge in [-0.1, -0.05) is 12.8 Å². The minimum absolute atomic E-state index is 0.0541. The van der Waals surface area contributed by atoms with Crippen LogP contribution in [0.4, 0.5) is 0 Å². The van der Waals surface area contributed by atoms with Crippen LogP contribution in [0.3, 0.4) is 0 Å². The lowest BCUT2D eigenvalue weighted by molar-refractivity contribution is -0.158. The van der Waals surface area contributed by atoms with Crippen molar-refractivity contribution in [1.82, 2.24) is 5.32 Å². The Hall–Kier alpha value is -0.570. The molecule has 0 atom stereocenters. The molecular weight excluding hydrogens is 190 g/mol. The Morgan fingerprint density at radius 2 is 2.07 bits per heavy atom.